The number of hydrogen-bond acceptors (Lipinski definition) is 2. The van der Waals surface area contributed by atoms with E-state index in [2.05, 4.69) is 22.0 Å². The summed E-state index contributed by atoms with van der Waals surface area (Å²) in [6, 6.07) is 6.17. The van der Waals surface area contributed by atoms with Crippen LogP contribution >= 0.6 is 15.9 Å². The molecule has 1 aromatic carbocycles. The first-order chi connectivity index (χ1) is 7.81. The number of para-hydroxylation sites is 1. The van der Waals surface area contributed by atoms with Crippen LogP contribution in [0.4, 0.5) is 0 Å². The summed E-state index contributed by atoms with van der Waals surface area (Å²) < 4.78 is 7.13. The lowest BCUT2D eigenvalue weighted by molar-refractivity contribution is 0.206. The maximum absolute atomic E-state index is 6.09. The third-order valence-electron chi connectivity index (χ3n) is 3.05. The molecule has 0 spiro atoms. The van der Waals surface area contributed by atoms with Gasteiger partial charge in [0.1, 0.15) is 5.75 Å². The van der Waals surface area contributed by atoms with Crippen LogP contribution in [0, 0.1) is 0 Å². The molecule has 0 bridgehead atoms. The fourth-order valence-electron chi connectivity index (χ4n) is 2.21. The Balaban J connectivity index is 2.16. The van der Waals surface area contributed by atoms with Gasteiger partial charge in [0.25, 0.3) is 0 Å². The van der Waals surface area contributed by atoms with Crippen LogP contribution < -0.4 is 10.5 Å². The number of ether oxygens (including phenoxy) is 1. The van der Waals surface area contributed by atoms with Gasteiger partial charge < -0.3 is 10.5 Å². The van der Waals surface area contributed by atoms with Crippen molar-refractivity contribution >= 4 is 15.9 Å². The minimum absolute atomic E-state index is 0.398. The molecule has 1 fully saturated rings. The van der Waals surface area contributed by atoms with Crippen molar-refractivity contribution in [2.45, 2.75) is 38.2 Å². The summed E-state index contributed by atoms with van der Waals surface area (Å²) in [7, 11) is 0. The van der Waals surface area contributed by atoms with Gasteiger partial charge in [-0.1, -0.05) is 12.1 Å². The van der Waals surface area contributed by atoms with Crippen molar-refractivity contribution in [3.63, 3.8) is 0 Å². The first-order valence-electron chi connectivity index (χ1n) is 5.95. The second-order valence-electron chi connectivity index (χ2n) is 4.29. The molecule has 0 saturated heterocycles. The highest BCUT2D eigenvalue weighted by atomic mass is 79.9. The monoisotopic (exact) mass is 283 g/mol. The fraction of sp³-hybridized carbons (Fsp3) is 0.538. The highest BCUT2D eigenvalue weighted by Crippen LogP contribution is 2.33. The minimum atomic E-state index is 0.398. The number of benzene rings is 1. The fourth-order valence-corrected chi connectivity index (χ4v) is 2.71. The van der Waals surface area contributed by atoms with Gasteiger partial charge in [0.15, 0.2) is 0 Å². The average Bonchev–Trinajstić information content (AvgIpc) is 2.76. The van der Waals surface area contributed by atoms with Crippen LogP contribution in [-0.2, 0) is 6.42 Å². The number of rotatable bonds is 4. The van der Waals surface area contributed by atoms with Crippen molar-refractivity contribution in [3.8, 4) is 5.75 Å². The Morgan fingerprint density at radius 1 is 1.31 bits per heavy atom. The van der Waals surface area contributed by atoms with Crippen LogP contribution in [0.15, 0.2) is 22.7 Å². The highest BCUT2D eigenvalue weighted by molar-refractivity contribution is 9.10. The lowest BCUT2D eigenvalue weighted by Gasteiger charge is -2.17. The molecule has 2 N–H and O–H groups in total. The van der Waals surface area contributed by atoms with Crippen molar-refractivity contribution in [2.24, 2.45) is 5.73 Å². The van der Waals surface area contributed by atoms with Crippen molar-refractivity contribution in [1.29, 1.82) is 0 Å². The van der Waals surface area contributed by atoms with Gasteiger partial charge in [-0.2, -0.15) is 0 Å². The zero-order valence-electron chi connectivity index (χ0n) is 9.42. The quantitative estimate of drug-likeness (QED) is 0.921. The standard InChI is InChI=1S/C13H18BrNO/c14-12-7-3-4-10(8-9-15)13(12)16-11-5-1-2-6-11/h3-4,7,11H,1-2,5-6,8-9,15H2. The molecule has 0 radical (unpaired) electrons. The molecular formula is C13H18BrNO. The molecule has 1 saturated carbocycles. The van der Waals surface area contributed by atoms with Crippen LogP contribution in [0.25, 0.3) is 0 Å². The maximum Gasteiger partial charge on any atom is 0.137 e. The summed E-state index contributed by atoms with van der Waals surface area (Å²) >= 11 is 3.56. The van der Waals surface area contributed by atoms with E-state index in [1.807, 2.05) is 12.1 Å². The molecule has 1 aliphatic rings. The summed E-state index contributed by atoms with van der Waals surface area (Å²) in [5, 5.41) is 0. The first kappa shape index (κ1) is 11.9. The van der Waals surface area contributed by atoms with Crippen molar-refractivity contribution < 1.29 is 4.74 Å². The van der Waals surface area contributed by atoms with Gasteiger partial charge in [-0.25, -0.2) is 0 Å². The molecule has 0 aliphatic heterocycles. The lowest BCUT2D eigenvalue weighted by atomic mass is 10.1. The molecule has 3 heteroatoms. The van der Waals surface area contributed by atoms with Crippen LogP contribution in [-0.4, -0.2) is 12.6 Å². The molecule has 0 atom stereocenters. The third kappa shape index (κ3) is 2.77. The Hall–Kier alpha value is -0.540. The molecule has 2 nitrogen and oxygen atoms in total. The summed E-state index contributed by atoms with van der Waals surface area (Å²) in [6.45, 7) is 0.664. The summed E-state index contributed by atoms with van der Waals surface area (Å²) in [6.07, 6.45) is 6.23. The van der Waals surface area contributed by atoms with E-state index in [-0.39, 0.29) is 0 Å². The van der Waals surface area contributed by atoms with E-state index in [1.165, 1.54) is 31.2 Å². The van der Waals surface area contributed by atoms with Gasteiger partial charge in [-0.3, -0.25) is 0 Å². The zero-order valence-corrected chi connectivity index (χ0v) is 11.0. The molecule has 0 aromatic heterocycles. The van der Waals surface area contributed by atoms with E-state index in [4.69, 9.17) is 10.5 Å². The second-order valence-corrected chi connectivity index (χ2v) is 5.15. The SMILES string of the molecule is NCCc1cccc(Br)c1OC1CCCC1. The van der Waals surface area contributed by atoms with Crippen LogP contribution in [0.2, 0.25) is 0 Å². The molecule has 1 aliphatic carbocycles. The zero-order chi connectivity index (χ0) is 11.4. The summed E-state index contributed by atoms with van der Waals surface area (Å²) in [5.41, 5.74) is 6.83. The van der Waals surface area contributed by atoms with E-state index in [0.717, 1.165) is 16.6 Å². The topological polar surface area (TPSA) is 35.2 Å². The van der Waals surface area contributed by atoms with Gasteiger partial charge in [0.2, 0.25) is 0 Å². The van der Waals surface area contributed by atoms with E-state index in [1.54, 1.807) is 0 Å². The van der Waals surface area contributed by atoms with E-state index < -0.39 is 0 Å². The van der Waals surface area contributed by atoms with Gasteiger partial charge in [0, 0.05) is 0 Å². The molecule has 1 aromatic rings. The van der Waals surface area contributed by atoms with E-state index >= 15 is 0 Å². The van der Waals surface area contributed by atoms with Crippen molar-refractivity contribution in [3.05, 3.63) is 28.2 Å². The third-order valence-corrected chi connectivity index (χ3v) is 3.67. The Bertz CT molecular complexity index is 348. The maximum atomic E-state index is 6.09. The number of nitrogens with two attached hydrogens (primary N) is 1. The van der Waals surface area contributed by atoms with Crippen molar-refractivity contribution in [2.75, 3.05) is 6.54 Å². The Labute approximate surface area is 105 Å². The van der Waals surface area contributed by atoms with Gasteiger partial charge in [-0.15, -0.1) is 0 Å². The number of hydrogen-bond donors (Lipinski definition) is 1. The van der Waals surface area contributed by atoms with Crippen LogP contribution in [0.1, 0.15) is 31.2 Å². The van der Waals surface area contributed by atoms with E-state index in [0.29, 0.717) is 12.6 Å². The lowest BCUT2D eigenvalue weighted by Crippen LogP contribution is -2.13. The van der Waals surface area contributed by atoms with Crippen LogP contribution in [0.5, 0.6) is 5.75 Å². The Kier molecular flexibility index (Phi) is 4.24. The normalized spacial score (nSPS) is 16.6. The largest absolute Gasteiger partial charge is 0.489 e. The molecule has 0 amide bonds. The predicted molar refractivity (Wildman–Crippen MR) is 69.8 cm³/mol. The summed E-state index contributed by atoms with van der Waals surface area (Å²) in [4.78, 5) is 0. The van der Waals surface area contributed by atoms with Gasteiger partial charge >= 0.3 is 0 Å². The van der Waals surface area contributed by atoms with Crippen LogP contribution in [0.3, 0.4) is 0 Å². The number of halogens is 1. The Morgan fingerprint density at radius 2 is 2.06 bits per heavy atom. The molecule has 16 heavy (non-hydrogen) atoms. The molecule has 88 valence electrons. The highest BCUT2D eigenvalue weighted by Gasteiger charge is 2.19. The Morgan fingerprint density at radius 3 is 2.75 bits per heavy atom. The first-order valence-corrected chi connectivity index (χ1v) is 6.74. The molecule has 0 unspecified atom stereocenters. The van der Waals surface area contributed by atoms with E-state index in [9.17, 15) is 0 Å². The predicted octanol–water partition coefficient (Wildman–Crippen LogP) is 3.27. The molecular weight excluding hydrogens is 266 g/mol. The van der Waals surface area contributed by atoms with Gasteiger partial charge in [-0.05, 0) is 66.2 Å². The average molecular weight is 284 g/mol. The minimum Gasteiger partial charge on any atom is -0.489 e. The summed E-state index contributed by atoms with van der Waals surface area (Å²) in [5.74, 6) is 1.000. The van der Waals surface area contributed by atoms with Gasteiger partial charge in [0.05, 0.1) is 10.6 Å². The second kappa shape index (κ2) is 5.69. The molecule has 2 rings (SSSR count). The van der Waals surface area contributed by atoms with Crippen molar-refractivity contribution in [1.82, 2.24) is 0 Å². The molecule has 0 heterocycles. The smallest absolute Gasteiger partial charge is 0.137 e.